The molecule has 2 N–H and O–H groups in total. The summed E-state index contributed by atoms with van der Waals surface area (Å²) < 4.78 is 0. The highest BCUT2D eigenvalue weighted by atomic mass is 32.1. The summed E-state index contributed by atoms with van der Waals surface area (Å²) in [5.41, 5.74) is 7.90. The monoisotopic (exact) mass is 455 g/mol. The molecule has 0 unspecified atom stereocenters. The number of nitrogens with one attached hydrogen (secondary N) is 2. The number of benzene rings is 2. The second-order valence-corrected chi connectivity index (χ2v) is 9.61. The second kappa shape index (κ2) is 10.1. The van der Waals surface area contributed by atoms with Crippen LogP contribution in [0, 0.1) is 25.2 Å². The number of likely N-dealkylation sites (N-methyl/N-ethyl adjacent to an activating group) is 1. The van der Waals surface area contributed by atoms with Gasteiger partial charge in [-0.1, -0.05) is 29.8 Å². The van der Waals surface area contributed by atoms with Gasteiger partial charge in [0.25, 0.3) is 0 Å². The number of nitriles is 1. The van der Waals surface area contributed by atoms with Crippen LogP contribution >= 0.6 is 11.3 Å². The van der Waals surface area contributed by atoms with Gasteiger partial charge >= 0.3 is 0 Å². The van der Waals surface area contributed by atoms with Gasteiger partial charge in [-0.05, 0) is 68.2 Å². The fourth-order valence-corrected chi connectivity index (χ4v) is 4.68. The van der Waals surface area contributed by atoms with Gasteiger partial charge in [0.15, 0.2) is 0 Å². The van der Waals surface area contributed by atoms with Gasteiger partial charge < -0.3 is 15.5 Å². The number of aryl methyl sites for hydroxylation is 2. The molecule has 2 aromatic carbocycles. The highest BCUT2D eigenvalue weighted by Gasteiger charge is 2.12. The lowest BCUT2D eigenvalue weighted by atomic mass is 10.0. The number of rotatable bonds is 8. The zero-order valence-corrected chi connectivity index (χ0v) is 20.4. The highest BCUT2D eigenvalue weighted by molar-refractivity contribution is 7.10. The predicted molar refractivity (Wildman–Crippen MR) is 139 cm³/mol. The molecule has 0 saturated carbocycles. The molecule has 2 aromatic heterocycles. The number of thiophene rings is 1. The number of nitrogens with zero attached hydrogens (tertiary/aromatic N) is 3. The number of anilines is 2. The van der Waals surface area contributed by atoms with Crippen LogP contribution in [0.1, 0.15) is 21.6 Å². The molecule has 0 radical (unpaired) electrons. The van der Waals surface area contributed by atoms with Gasteiger partial charge in [-0.25, -0.2) is 0 Å². The van der Waals surface area contributed by atoms with Gasteiger partial charge in [0.2, 0.25) is 0 Å². The van der Waals surface area contributed by atoms with Crippen molar-refractivity contribution in [2.45, 2.75) is 20.4 Å². The average Bonchev–Trinajstić information content (AvgIpc) is 3.27. The third-order valence-electron chi connectivity index (χ3n) is 5.65. The predicted octanol–water partition coefficient (Wildman–Crippen LogP) is 5.85. The van der Waals surface area contributed by atoms with Crippen molar-refractivity contribution in [3.05, 3.63) is 75.6 Å². The largest absolute Gasteiger partial charge is 0.354 e. The average molecular weight is 456 g/mol. The molecule has 6 heteroatoms. The van der Waals surface area contributed by atoms with E-state index in [0.717, 1.165) is 53.0 Å². The molecule has 0 aliphatic heterocycles. The molecule has 168 valence electrons. The van der Waals surface area contributed by atoms with Crippen LogP contribution in [-0.2, 0) is 6.54 Å². The first-order valence-corrected chi connectivity index (χ1v) is 11.9. The Balaban J connectivity index is 1.61. The summed E-state index contributed by atoms with van der Waals surface area (Å²) in [7, 11) is 4.17. The van der Waals surface area contributed by atoms with E-state index >= 15 is 0 Å². The molecule has 0 bridgehead atoms. The Labute approximate surface area is 199 Å². The molecular formula is C27H29N5S. The Bertz CT molecular complexity index is 1320. The first kappa shape index (κ1) is 22.9. The van der Waals surface area contributed by atoms with E-state index in [-0.39, 0.29) is 0 Å². The maximum atomic E-state index is 9.69. The van der Waals surface area contributed by atoms with Crippen molar-refractivity contribution in [2.75, 3.05) is 32.5 Å². The number of hydrogen-bond donors (Lipinski definition) is 2. The summed E-state index contributed by atoms with van der Waals surface area (Å²) in [6.07, 6.45) is 1.66. The Morgan fingerprint density at radius 1 is 1.06 bits per heavy atom. The van der Waals surface area contributed by atoms with Crippen molar-refractivity contribution < 1.29 is 0 Å². The molecule has 4 rings (SSSR count). The normalized spacial score (nSPS) is 11.2. The summed E-state index contributed by atoms with van der Waals surface area (Å²) >= 11 is 1.77. The van der Waals surface area contributed by atoms with E-state index in [1.54, 1.807) is 17.5 Å². The van der Waals surface area contributed by atoms with Crippen molar-refractivity contribution in [1.82, 2.24) is 15.2 Å². The Kier molecular flexibility index (Phi) is 7.05. The molecule has 0 aliphatic carbocycles. The van der Waals surface area contributed by atoms with E-state index in [1.807, 2.05) is 0 Å². The van der Waals surface area contributed by atoms with Crippen molar-refractivity contribution in [3.63, 3.8) is 0 Å². The molecular weight excluding hydrogens is 426 g/mol. The minimum atomic E-state index is 0.539. The molecule has 0 aliphatic rings. The first-order chi connectivity index (χ1) is 15.9. The number of aromatic nitrogens is 1. The van der Waals surface area contributed by atoms with Gasteiger partial charge in [0.1, 0.15) is 6.07 Å². The summed E-state index contributed by atoms with van der Waals surface area (Å²) in [6.45, 7) is 7.03. The fraction of sp³-hybridized carbons (Fsp3) is 0.259. The van der Waals surface area contributed by atoms with Crippen LogP contribution in [0.15, 0.2) is 54.0 Å². The SMILES string of the molecule is Cc1ccc(Nc2c(C#N)cnc3cc(-c4csc(CNCCN(C)C)c4)ccc23)c(C)c1. The van der Waals surface area contributed by atoms with E-state index < -0.39 is 0 Å². The van der Waals surface area contributed by atoms with Crippen molar-refractivity contribution in [1.29, 1.82) is 5.26 Å². The third-order valence-corrected chi connectivity index (χ3v) is 6.59. The summed E-state index contributed by atoms with van der Waals surface area (Å²) in [4.78, 5) is 8.08. The van der Waals surface area contributed by atoms with Gasteiger partial charge in [-0.15, -0.1) is 11.3 Å². The molecule has 0 atom stereocenters. The highest BCUT2D eigenvalue weighted by Crippen LogP contribution is 2.34. The van der Waals surface area contributed by atoms with Crippen LogP contribution < -0.4 is 10.6 Å². The molecule has 0 fully saturated rings. The lowest BCUT2D eigenvalue weighted by molar-refractivity contribution is 0.400. The molecule has 0 saturated heterocycles. The Hall–Kier alpha value is -3.24. The third kappa shape index (κ3) is 5.40. The van der Waals surface area contributed by atoms with E-state index in [4.69, 9.17) is 0 Å². The molecule has 0 amide bonds. The van der Waals surface area contributed by atoms with E-state index in [9.17, 15) is 5.26 Å². The lowest BCUT2D eigenvalue weighted by Crippen LogP contribution is -2.25. The van der Waals surface area contributed by atoms with Crippen molar-refractivity contribution >= 4 is 33.6 Å². The van der Waals surface area contributed by atoms with Crippen LogP contribution in [0.25, 0.3) is 22.0 Å². The quantitative estimate of drug-likeness (QED) is 0.327. The summed E-state index contributed by atoms with van der Waals surface area (Å²) in [5, 5.41) is 19.8. The minimum Gasteiger partial charge on any atom is -0.354 e. The van der Waals surface area contributed by atoms with Crippen LogP contribution in [0.3, 0.4) is 0 Å². The van der Waals surface area contributed by atoms with Crippen molar-refractivity contribution in [3.8, 4) is 17.2 Å². The summed E-state index contributed by atoms with van der Waals surface area (Å²) in [6, 6.07) is 17.1. The van der Waals surface area contributed by atoms with Crippen LogP contribution in [0.5, 0.6) is 0 Å². The fourth-order valence-electron chi connectivity index (χ4n) is 3.82. The topological polar surface area (TPSA) is 64.0 Å². The van der Waals surface area contributed by atoms with Gasteiger partial charge in [0.05, 0.1) is 16.8 Å². The Morgan fingerprint density at radius 3 is 2.67 bits per heavy atom. The molecule has 5 nitrogen and oxygen atoms in total. The van der Waals surface area contributed by atoms with Crippen molar-refractivity contribution in [2.24, 2.45) is 0 Å². The van der Waals surface area contributed by atoms with Crippen LogP contribution in [-0.4, -0.2) is 37.1 Å². The zero-order chi connectivity index (χ0) is 23.4. The molecule has 33 heavy (non-hydrogen) atoms. The maximum absolute atomic E-state index is 9.69. The lowest BCUT2D eigenvalue weighted by Gasteiger charge is -2.14. The second-order valence-electron chi connectivity index (χ2n) is 8.62. The van der Waals surface area contributed by atoms with Crippen LogP contribution in [0.4, 0.5) is 11.4 Å². The number of pyridine rings is 1. The maximum Gasteiger partial charge on any atom is 0.103 e. The van der Waals surface area contributed by atoms with E-state index in [1.165, 1.54) is 16.0 Å². The Morgan fingerprint density at radius 2 is 1.91 bits per heavy atom. The minimum absolute atomic E-state index is 0.539. The number of fused-ring (bicyclic) bond motifs is 1. The number of hydrogen-bond acceptors (Lipinski definition) is 6. The standard InChI is InChI=1S/C27H29N5S/c1-18-5-8-25(19(2)11-18)31-27-22(14-28)15-30-26-13-20(6-7-24(26)27)21-12-23(33-17-21)16-29-9-10-32(3)4/h5-8,11-13,15,17,29H,9-10,16H2,1-4H3,(H,30,31). The van der Waals surface area contributed by atoms with E-state index in [0.29, 0.717) is 5.56 Å². The smallest absolute Gasteiger partial charge is 0.103 e. The summed E-state index contributed by atoms with van der Waals surface area (Å²) in [5.74, 6) is 0. The van der Waals surface area contributed by atoms with Gasteiger partial charge in [0, 0.05) is 41.8 Å². The first-order valence-electron chi connectivity index (χ1n) is 11.0. The molecule has 4 aromatic rings. The van der Waals surface area contributed by atoms with Crippen LogP contribution in [0.2, 0.25) is 0 Å². The molecule has 2 heterocycles. The molecule has 0 spiro atoms. The van der Waals surface area contributed by atoms with Gasteiger partial charge in [-0.3, -0.25) is 4.98 Å². The zero-order valence-electron chi connectivity index (χ0n) is 19.6. The van der Waals surface area contributed by atoms with Gasteiger partial charge in [-0.2, -0.15) is 5.26 Å². The van der Waals surface area contributed by atoms with E-state index in [2.05, 4.69) is 102 Å².